The van der Waals surface area contributed by atoms with Gasteiger partial charge in [0.15, 0.2) is 0 Å². The zero-order valence-electron chi connectivity index (χ0n) is 7.05. The van der Waals surface area contributed by atoms with Crippen molar-refractivity contribution in [1.82, 2.24) is 0 Å². The molecule has 0 aromatic rings. The summed E-state index contributed by atoms with van der Waals surface area (Å²) in [6, 6.07) is 0. The van der Waals surface area contributed by atoms with Crippen LogP contribution in [0.3, 0.4) is 0 Å². The van der Waals surface area contributed by atoms with Crippen molar-refractivity contribution in [1.29, 1.82) is 0 Å². The maximum absolute atomic E-state index is 10.4. The van der Waals surface area contributed by atoms with Crippen molar-refractivity contribution in [3.63, 3.8) is 0 Å². The molecule has 2 nitrogen and oxygen atoms in total. The van der Waals surface area contributed by atoms with Gasteiger partial charge in [-0.1, -0.05) is 12.8 Å². The highest BCUT2D eigenvalue weighted by Gasteiger charge is 2.37. The van der Waals surface area contributed by atoms with Crippen LogP contribution in [0.25, 0.3) is 0 Å². The summed E-state index contributed by atoms with van der Waals surface area (Å²) in [7, 11) is 0. The van der Waals surface area contributed by atoms with E-state index in [1.807, 2.05) is 0 Å². The molecule has 11 heavy (non-hydrogen) atoms. The first kappa shape index (κ1) is 8.72. The summed E-state index contributed by atoms with van der Waals surface area (Å²) in [5, 5.41) is 9.47. The van der Waals surface area contributed by atoms with Gasteiger partial charge in [0.05, 0.1) is 6.10 Å². The molecule has 64 valence electrons. The van der Waals surface area contributed by atoms with E-state index in [2.05, 4.69) is 0 Å². The van der Waals surface area contributed by atoms with Gasteiger partial charge in [0, 0.05) is 11.8 Å². The topological polar surface area (TPSA) is 37.3 Å². The van der Waals surface area contributed by atoms with Gasteiger partial charge in [0.2, 0.25) is 0 Å². The van der Waals surface area contributed by atoms with Crippen molar-refractivity contribution in [2.45, 2.75) is 45.1 Å². The summed E-state index contributed by atoms with van der Waals surface area (Å²) in [4.78, 5) is 10.4. The molecule has 0 aliphatic heterocycles. The summed E-state index contributed by atoms with van der Waals surface area (Å²) in [6.07, 6.45) is 5.52. The first-order chi connectivity index (χ1) is 5.21. The Hall–Kier alpha value is -0.370. The van der Waals surface area contributed by atoms with Crippen LogP contribution in [0.2, 0.25) is 0 Å². The minimum absolute atomic E-state index is 0.0677. The monoisotopic (exact) mass is 156 g/mol. The number of hydrogen-bond acceptors (Lipinski definition) is 2. The maximum Gasteiger partial charge on any atom is 0.120 e. The van der Waals surface area contributed by atoms with Crippen LogP contribution in [0.4, 0.5) is 0 Å². The predicted octanol–water partition coefficient (Wildman–Crippen LogP) is 1.52. The predicted molar refractivity (Wildman–Crippen MR) is 43.3 cm³/mol. The van der Waals surface area contributed by atoms with Gasteiger partial charge in [-0.05, 0) is 19.8 Å². The number of aliphatic hydroxyl groups excluding tert-OH is 1. The average molecular weight is 156 g/mol. The fourth-order valence-corrected chi connectivity index (χ4v) is 2.04. The Labute approximate surface area is 67.6 Å². The summed E-state index contributed by atoms with van der Waals surface area (Å²) < 4.78 is 0. The Balaban J connectivity index is 2.61. The van der Waals surface area contributed by atoms with E-state index in [4.69, 9.17) is 0 Å². The van der Waals surface area contributed by atoms with Crippen LogP contribution in [-0.4, -0.2) is 17.5 Å². The lowest BCUT2D eigenvalue weighted by Crippen LogP contribution is -2.30. The van der Waals surface area contributed by atoms with E-state index in [1.165, 1.54) is 12.8 Å². The minimum atomic E-state index is -0.324. The number of carbonyl (C=O) groups excluding carboxylic acids is 1. The molecule has 0 radical (unpaired) electrons. The summed E-state index contributed by atoms with van der Waals surface area (Å²) in [5.41, 5.74) is -0.0677. The van der Waals surface area contributed by atoms with E-state index < -0.39 is 0 Å². The number of hydrogen-bond donors (Lipinski definition) is 1. The summed E-state index contributed by atoms with van der Waals surface area (Å²) >= 11 is 0. The molecular formula is C9H16O2. The van der Waals surface area contributed by atoms with Gasteiger partial charge in [-0.25, -0.2) is 0 Å². The SMILES string of the molecule is CC(O)C1(CC=O)CCCC1. The molecule has 0 bridgehead atoms. The van der Waals surface area contributed by atoms with E-state index >= 15 is 0 Å². The van der Waals surface area contributed by atoms with Gasteiger partial charge in [-0.2, -0.15) is 0 Å². The molecule has 1 aliphatic carbocycles. The Morgan fingerprint density at radius 1 is 1.55 bits per heavy atom. The Kier molecular flexibility index (Phi) is 2.66. The molecule has 1 atom stereocenters. The van der Waals surface area contributed by atoms with Crippen LogP contribution in [0, 0.1) is 5.41 Å². The highest BCUT2D eigenvalue weighted by Crippen LogP contribution is 2.43. The standard InChI is InChI=1S/C9H16O2/c1-8(11)9(6-7-10)4-2-3-5-9/h7-8,11H,2-6H2,1H3. The lowest BCUT2D eigenvalue weighted by Gasteiger charge is -2.29. The van der Waals surface area contributed by atoms with Crippen molar-refractivity contribution >= 4 is 6.29 Å². The molecule has 1 fully saturated rings. The van der Waals surface area contributed by atoms with E-state index in [1.54, 1.807) is 6.92 Å². The highest BCUT2D eigenvalue weighted by atomic mass is 16.3. The van der Waals surface area contributed by atoms with Crippen molar-refractivity contribution in [3.05, 3.63) is 0 Å². The molecule has 0 aromatic heterocycles. The second-order valence-corrected chi connectivity index (χ2v) is 3.62. The van der Waals surface area contributed by atoms with Crippen molar-refractivity contribution in [3.8, 4) is 0 Å². The molecule has 0 spiro atoms. The molecular weight excluding hydrogens is 140 g/mol. The average Bonchev–Trinajstić information content (AvgIpc) is 2.38. The first-order valence-electron chi connectivity index (χ1n) is 4.33. The van der Waals surface area contributed by atoms with E-state index in [9.17, 15) is 9.90 Å². The van der Waals surface area contributed by atoms with Crippen LogP contribution < -0.4 is 0 Å². The fourth-order valence-electron chi connectivity index (χ4n) is 2.04. The Morgan fingerprint density at radius 3 is 2.45 bits per heavy atom. The van der Waals surface area contributed by atoms with Crippen molar-refractivity contribution in [2.24, 2.45) is 5.41 Å². The second kappa shape index (κ2) is 3.35. The van der Waals surface area contributed by atoms with Crippen LogP contribution in [0.1, 0.15) is 39.0 Å². The molecule has 2 heteroatoms. The quantitative estimate of drug-likeness (QED) is 0.629. The number of rotatable bonds is 3. The number of aldehydes is 1. The molecule has 0 saturated heterocycles. The highest BCUT2D eigenvalue weighted by molar-refractivity contribution is 5.51. The van der Waals surface area contributed by atoms with E-state index in [0.717, 1.165) is 19.1 Å². The normalized spacial score (nSPS) is 24.9. The summed E-state index contributed by atoms with van der Waals surface area (Å²) in [6.45, 7) is 1.80. The maximum atomic E-state index is 10.4. The van der Waals surface area contributed by atoms with Crippen molar-refractivity contribution < 1.29 is 9.90 Å². The van der Waals surface area contributed by atoms with Crippen LogP contribution in [0.15, 0.2) is 0 Å². The van der Waals surface area contributed by atoms with Crippen LogP contribution in [0.5, 0.6) is 0 Å². The molecule has 0 heterocycles. The van der Waals surface area contributed by atoms with Gasteiger partial charge in [0.25, 0.3) is 0 Å². The Morgan fingerprint density at radius 2 is 2.09 bits per heavy atom. The van der Waals surface area contributed by atoms with Gasteiger partial charge < -0.3 is 9.90 Å². The van der Waals surface area contributed by atoms with Crippen molar-refractivity contribution in [2.75, 3.05) is 0 Å². The van der Waals surface area contributed by atoms with E-state index in [0.29, 0.717) is 6.42 Å². The summed E-state index contributed by atoms with van der Waals surface area (Å²) in [5.74, 6) is 0. The zero-order valence-corrected chi connectivity index (χ0v) is 7.05. The molecule has 1 N–H and O–H groups in total. The third-order valence-electron chi connectivity index (χ3n) is 2.98. The van der Waals surface area contributed by atoms with Gasteiger partial charge in [0.1, 0.15) is 6.29 Å². The molecule has 1 aliphatic rings. The lowest BCUT2D eigenvalue weighted by molar-refractivity contribution is -0.111. The smallest absolute Gasteiger partial charge is 0.120 e. The van der Waals surface area contributed by atoms with Crippen LogP contribution in [-0.2, 0) is 4.79 Å². The zero-order chi connectivity index (χ0) is 8.32. The molecule has 1 rings (SSSR count). The molecule has 0 aromatic carbocycles. The van der Waals surface area contributed by atoms with Gasteiger partial charge >= 0.3 is 0 Å². The Bertz CT molecular complexity index is 134. The molecule has 0 amide bonds. The molecule has 1 unspecified atom stereocenters. The number of aliphatic hydroxyl groups is 1. The van der Waals surface area contributed by atoms with Gasteiger partial charge in [-0.3, -0.25) is 0 Å². The largest absolute Gasteiger partial charge is 0.393 e. The first-order valence-corrected chi connectivity index (χ1v) is 4.33. The fraction of sp³-hybridized carbons (Fsp3) is 0.889. The number of carbonyl (C=O) groups is 1. The van der Waals surface area contributed by atoms with Crippen LogP contribution >= 0.6 is 0 Å². The second-order valence-electron chi connectivity index (χ2n) is 3.62. The minimum Gasteiger partial charge on any atom is -0.393 e. The third-order valence-corrected chi connectivity index (χ3v) is 2.98. The van der Waals surface area contributed by atoms with Gasteiger partial charge in [-0.15, -0.1) is 0 Å². The molecule has 1 saturated carbocycles. The van der Waals surface area contributed by atoms with E-state index in [-0.39, 0.29) is 11.5 Å². The lowest BCUT2D eigenvalue weighted by atomic mass is 9.78. The third kappa shape index (κ3) is 1.62.